The quantitative estimate of drug-likeness (QED) is 0.221. The second kappa shape index (κ2) is 10.7. The van der Waals surface area contributed by atoms with E-state index in [2.05, 4.69) is 30.1 Å². The van der Waals surface area contributed by atoms with E-state index in [1.54, 1.807) is 12.1 Å². The number of ether oxygens (including phenoxy) is 2. The van der Waals surface area contributed by atoms with E-state index in [1.807, 2.05) is 66.7 Å². The number of hydrogen-bond donors (Lipinski definition) is 1. The summed E-state index contributed by atoms with van der Waals surface area (Å²) in [5, 5.41) is 3.42. The zero-order chi connectivity index (χ0) is 27.7. The molecule has 40 heavy (non-hydrogen) atoms. The lowest BCUT2D eigenvalue weighted by atomic mass is 9.76. The third-order valence-electron chi connectivity index (χ3n) is 7.90. The third-order valence-corrected chi connectivity index (χ3v) is 7.90. The minimum atomic E-state index is -1.14. The Morgan fingerprint density at radius 2 is 1.60 bits per heavy atom. The molecule has 204 valence electrons. The molecule has 0 amide bonds. The van der Waals surface area contributed by atoms with Crippen molar-refractivity contribution in [3.8, 4) is 11.5 Å². The average Bonchev–Trinajstić information content (AvgIpc) is 3.28. The van der Waals surface area contributed by atoms with E-state index in [-0.39, 0.29) is 17.8 Å². The van der Waals surface area contributed by atoms with Gasteiger partial charge in [-0.2, -0.15) is 0 Å². The van der Waals surface area contributed by atoms with Gasteiger partial charge < -0.3 is 19.7 Å². The minimum absolute atomic E-state index is 0.0178. The fourth-order valence-electron chi connectivity index (χ4n) is 5.92. The molecule has 0 aliphatic carbocycles. The van der Waals surface area contributed by atoms with Gasteiger partial charge in [-0.05, 0) is 49.2 Å². The molecule has 0 aromatic heterocycles. The van der Waals surface area contributed by atoms with Crippen LogP contribution >= 0.6 is 0 Å². The number of anilines is 2. The maximum absolute atomic E-state index is 14.6. The van der Waals surface area contributed by atoms with Crippen LogP contribution in [0.1, 0.15) is 60.2 Å². The Bertz CT molecular complexity index is 1550. The molecule has 5 nitrogen and oxygen atoms in total. The van der Waals surface area contributed by atoms with Gasteiger partial charge in [-0.15, -0.1) is 0 Å². The van der Waals surface area contributed by atoms with Crippen LogP contribution in [0.4, 0.5) is 15.8 Å². The molecule has 4 aromatic carbocycles. The summed E-state index contributed by atoms with van der Waals surface area (Å²) >= 11 is 0. The molecule has 2 heterocycles. The molecular formula is C34H33FN2O3. The van der Waals surface area contributed by atoms with Crippen molar-refractivity contribution in [2.45, 2.75) is 44.8 Å². The number of hydrogen-bond acceptors (Lipinski definition) is 5. The summed E-state index contributed by atoms with van der Waals surface area (Å²) < 4.78 is 27.5. The fourth-order valence-corrected chi connectivity index (χ4v) is 5.92. The van der Waals surface area contributed by atoms with Gasteiger partial charge >= 0.3 is 5.97 Å². The van der Waals surface area contributed by atoms with Crippen molar-refractivity contribution in [3.63, 3.8) is 0 Å². The molecule has 6 heteroatoms. The molecule has 2 atom stereocenters. The van der Waals surface area contributed by atoms with E-state index < -0.39 is 5.60 Å². The Hall–Kier alpha value is -4.32. The van der Waals surface area contributed by atoms with Crippen LogP contribution in [0.25, 0.3) is 0 Å². The molecule has 4 aromatic rings. The Kier molecular flexibility index (Phi) is 6.93. The van der Waals surface area contributed by atoms with E-state index in [1.165, 1.54) is 6.07 Å². The first-order chi connectivity index (χ1) is 19.6. The standard InChI is InChI=1S/C34H33FN2O3/c1-3-5-21-37(22-23(4-2)36-28-17-10-9-16-27(28)35)29-18-12-20-31-32(29)34(26-15-8-11-19-30(26)39-31)25-14-7-6-13-24(25)33(38)40-34/h6-20,23,36H,3-5,21-22H2,1-2H3. The second-order valence-electron chi connectivity index (χ2n) is 10.4. The monoisotopic (exact) mass is 536 g/mol. The lowest BCUT2D eigenvalue weighted by Gasteiger charge is -2.40. The number of fused-ring (bicyclic) bond motifs is 6. The van der Waals surface area contributed by atoms with Gasteiger partial charge in [-0.3, -0.25) is 0 Å². The van der Waals surface area contributed by atoms with Gasteiger partial charge in [0, 0.05) is 35.9 Å². The summed E-state index contributed by atoms with van der Waals surface area (Å²) in [5.74, 6) is 0.721. The number of nitrogens with one attached hydrogen (secondary N) is 1. The molecule has 2 aliphatic heterocycles. The second-order valence-corrected chi connectivity index (χ2v) is 10.4. The van der Waals surface area contributed by atoms with Crippen molar-refractivity contribution in [3.05, 3.63) is 119 Å². The lowest BCUT2D eigenvalue weighted by molar-refractivity contribution is 0.0226. The summed E-state index contributed by atoms with van der Waals surface area (Å²) in [6, 6.07) is 28.2. The average molecular weight is 537 g/mol. The molecule has 0 saturated heterocycles. The van der Waals surface area contributed by atoms with Crippen LogP contribution in [0.2, 0.25) is 0 Å². The molecule has 1 N–H and O–H groups in total. The molecule has 6 rings (SSSR count). The van der Waals surface area contributed by atoms with E-state index in [0.717, 1.165) is 48.2 Å². The molecule has 1 spiro atoms. The van der Waals surface area contributed by atoms with Crippen molar-refractivity contribution >= 4 is 17.3 Å². The van der Waals surface area contributed by atoms with Gasteiger partial charge in [0.05, 0.1) is 16.8 Å². The molecule has 0 radical (unpaired) electrons. The number of halogens is 1. The van der Waals surface area contributed by atoms with E-state index >= 15 is 0 Å². The highest BCUT2D eigenvalue weighted by atomic mass is 19.1. The summed E-state index contributed by atoms with van der Waals surface area (Å²) in [5.41, 5.74) is 3.30. The molecule has 0 fully saturated rings. The highest BCUT2D eigenvalue weighted by molar-refractivity contribution is 5.97. The Morgan fingerprint density at radius 1 is 0.875 bits per heavy atom. The first-order valence-corrected chi connectivity index (χ1v) is 14.1. The van der Waals surface area contributed by atoms with Gasteiger partial charge in [0.25, 0.3) is 0 Å². The number of benzene rings is 4. The van der Waals surface area contributed by atoms with Crippen LogP contribution < -0.4 is 15.0 Å². The smallest absolute Gasteiger partial charge is 0.340 e. The van der Waals surface area contributed by atoms with Crippen LogP contribution in [0.3, 0.4) is 0 Å². The Labute approximate surface area is 234 Å². The molecule has 2 unspecified atom stereocenters. The van der Waals surface area contributed by atoms with Crippen LogP contribution in [-0.4, -0.2) is 25.1 Å². The van der Waals surface area contributed by atoms with Crippen LogP contribution in [-0.2, 0) is 10.3 Å². The topological polar surface area (TPSA) is 50.8 Å². The number of para-hydroxylation sites is 2. The summed E-state index contributed by atoms with van der Waals surface area (Å²) in [7, 11) is 0. The Morgan fingerprint density at radius 3 is 2.40 bits per heavy atom. The van der Waals surface area contributed by atoms with Crippen molar-refractivity contribution < 1.29 is 18.7 Å². The highest BCUT2D eigenvalue weighted by Crippen LogP contribution is 2.58. The largest absolute Gasteiger partial charge is 0.456 e. The number of nitrogens with zero attached hydrogens (tertiary/aromatic N) is 1. The summed E-state index contributed by atoms with van der Waals surface area (Å²) in [6.45, 7) is 5.69. The zero-order valence-corrected chi connectivity index (χ0v) is 22.8. The summed E-state index contributed by atoms with van der Waals surface area (Å²) in [4.78, 5) is 15.7. The maximum atomic E-state index is 14.6. The van der Waals surface area contributed by atoms with E-state index in [9.17, 15) is 9.18 Å². The first kappa shape index (κ1) is 25.9. The molecular weight excluding hydrogens is 503 g/mol. The minimum Gasteiger partial charge on any atom is -0.456 e. The number of carbonyl (C=O) groups is 1. The lowest BCUT2D eigenvalue weighted by Crippen LogP contribution is -2.40. The number of esters is 1. The third kappa shape index (κ3) is 4.28. The highest BCUT2D eigenvalue weighted by Gasteiger charge is 2.54. The van der Waals surface area contributed by atoms with Gasteiger partial charge in [0.15, 0.2) is 5.60 Å². The van der Waals surface area contributed by atoms with Crippen LogP contribution in [0.15, 0.2) is 91.0 Å². The van der Waals surface area contributed by atoms with Crippen molar-refractivity contribution in [2.24, 2.45) is 0 Å². The van der Waals surface area contributed by atoms with Crippen LogP contribution in [0, 0.1) is 5.82 Å². The maximum Gasteiger partial charge on any atom is 0.340 e. The van der Waals surface area contributed by atoms with Gasteiger partial charge in [0.2, 0.25) is 0 Å². The number of rotatable bonds is 9. The van der Waals surface area contributed by atoms with Crippen molar-refractivity contribution in [2.75, 3.05) is 23.3 Å². The van der Waals surface area contributed by atoms with E-state index in [0.29, 0.717) is 29.3 Å². The van der Waals surface area contributed by atoms with E-state index in [4.69, 9.17) is 9.47 Å². The zero-order valence-electron chi connectivity index (χ0n) is 22.8. The normalized spacial score (nSPS) is 17.3. The number of unbranched alkanes of at least 4 members (excludes halogenated alkanes) is 1. The Balaban J connectivity index is 1.50. The molecule has 0 saturated carbocycles. The molecule has 2 aliphatic rings. The predicted octanol–water partition coefficient (Wildman–Crippen LogP) is 7.89. The van der Waals surface area contributed by atoms with Gasteiger partial charge in [0.1, 0.15) is 17.3 Å². The van der Waals surface area contributed by atoms with Crippen LogP contribution in [0.5, 0.6) is 11.5 Å². The van der Waals surface area contributed by atoms with Crippen molar-refractivity contribution in [1.82, 2.24) is 0 Å². The first-order valence-electron chi connectivity index (χ1n) is 14.1. The van der Waals surface area contributed by atoms with Crippen molar-refractivity contribution in [1.29, 1.82) is 0 Å². The van der Waals surface area contributed by atoms with Gasteiger partial charge in [-0.25, -0.2) is 9.18 Å². The fraction of sp³-hybridized carbons (Fsp3) is 0.265. The van der Waals surface area contributed by atoms with Gasteiger partial charge in [-0.1, -0.05) is 74.9 Å². The summed E-state index contributed by atoms with van der Waals surface area (Å²) in [6.07, 6.45) is 2.79. The predicted molar refractivity (Wildman–Crippen MR) is 156 cm³/mol. The molecule has 0 bridgehead atoms. The number of carbonyl (C=O) groups excluding carboxylic acids is 1. The SMILES string of the molecule is CCCCN(CC(CC)Nc1ccccc1F)c1cccc2c1C1(OC(=O)c3ccccc31)c1ccccc1O2.